The lowest BCUT2D eigenvalue weighted by Gasteiger charge is -2.16. The van der Waals surface area contributed by atoms with Crippen LogP contribution in [0.4, 0.5) is 0 Å². The molecule has 86 valence electrons. The Labute approximate surface area is 94.5 Å². The molecule has 0 radical (unpaired) electrons. The van der Waals surface area contributed by atoms with Gasteiger partial charge >= 0.3 is 0 Å². The van der Waals surface area contributed by atoms with Gasteiger partial charge in [-0.25, -0.2) is 4.98 Å². The highest BCUT2D eigenvalue weighted by atomic mass is 16.1. The van der Waals surface area contributed by atoms with Gasteiger partial charge in [0.05, 0.1) is 5.69 Å². The minimum atomic E-state index is 0.0733. The van der Waals surface area contributed by atoms with E-state index in [0.717, 1.165) is 43.0 Å². The van der Waals surface area contributed by atoms with E-state index in [4.69, 9.17) is 0 Å². The Morgan fingerprint density at radius 1 is 1.44 bits per heavy atom. The van der Waals surface area contributed by atoms with Gasteiger partial charge in [0.15, 0.2) is 0 Å². The molecule has 3 rings (SSSR count). The van der Waals surface area contributed by atoms with Crippen molar-refractivity contribution in [1.29, 1.82) is 0 Å². The van der Waals surface area contributed by atoms with E-state index in [9.17, 15) is 4.79 Å². The molecule has 4 heteroatoms. The van der Waals surface area contributed by atoms with Crippen LogP contribution in [-0.4, -0.2) is 16.5 Å². The summed E-state index contributed by atoms with van der Waals surface area (Å²) in [6.07, 6.45) is 1.92. The first-order valence-electron chi connectivity index (χ1n) is 5.90. The van der Waals surface area contributed by atoms with Crippen LogP contribution in [0, 0.1) is 5.41 Å². The SMILES string of the molecule is CC1(C)CC1c1nc2c(c(=O)[nH]1)CCNC2. The van der Waals surface area contributed by atoms with Crippen LogP contribution in [0.15, 0.2) is 4.79 Å². The van der Waals surface area contributed by atoms with Gasteiger partial charge in [-0.1, -0.05) is 13.8 Å². The lowest BCUT2D eigenvalue weighted by atomic mass is 10.1. The van der Waals surface area contributed by atoms with Crippen molar-refractivity contribution in [2.75, 3.05) is 6.54 Å². The molecule has 1 aromatic heterocycles. The molecule has 2 heterocycles. The number of rotatable bonds is 1. The second-order valence-electron chi connectivity index (χ2n) is 5.55. The van der Waals surface area contributed by atoms with E-state index < -0.39 is 0 Å². The van der Waals surface area contributed by atoms with E-state index in [1.165, 1.54) is 0 Å². The molecule has 0 amide bonds. The predicted octanol–water partition coefficient (Wildman–Crippen LogP) is 0.929. The number of aromatic amines is 1. The van der Waals surface area contributed by atoms with Crippen molar-refractivity contribution in [3.8, 4) is 0 Å². The first kappa shape index (κ1) is 10.0. The molecule has 0 saturated heterocycles. The lowest BCUT2D eigenvalue weighted by molar-refractivity contribution is 0.584. The Morgan fingerprint density at radius 3 is 2.88 bits per heavy atom. The third-order valence-corrected chi connectivity index (χ3v) is 3.81. The van der Waals surface area contributed by atoms with E-state index >= 15 is 0 Å². The van der Waals surface area contributed by atoms with Crippen molar-refractivity contribution < 1.29 is 0 Å². The van der Waals surface area contributed by atoms with Gasteiger partial charge in [-0.3, -0.25) is 4.79 Å². The van der Waals surface area contributed by atoms with Gasteiger partial charge in [-0.05, 0) is 24.8 Å². The first-order chi connectivity index (χ1) is 7.58. The van der Waals surface area contributed by atoms with E-state index in [-0.39, 0.29) is 5.56 Å². The number of H-pyrrole nitrogens is 1. The maximum atomic E-state index is 11.9. The fraction of sp³-hybridized carbons (Fsp3) is 0.667. The quantitative estimate of drug-likeness (QED) is 0.738. The molecule has 16 heavy (non-hydrogen) atoms. The van der Waals surface area contributed by atoms with Gasteiger partial charge in [0.2, 0.25) is 0 Å². The zero-order valence-electron chi connectivity index (χ0n) is 9.76. The van der Waals surface area contributed by atoms with Crippen molar-refractivity contribution in [2.24, 2.45) is 5.41 Å². The molecule has 1 fully saturated rings. The standard InChI is InChI=1S/C12H17N3O/c1-12(2)5-8(12)10-14-9-6-13-4-3-7(9)11(16)15-10/h8,13H,3-6H2,1-2H3,(H,14,15,16). The van der Waals surface area contributed by atoms with E-state index in [1.54, 1.807) is 0 Å². The average molecular weight is 219 g/mol. The van der Waals surface area contributed by atoms with Gasteiger partial charge in [0, 0.05) is 18.0 Å². The van der Waals surface area contributed by atoms with Crippen LogP contribution in [0.3, 0.4) is 0 Å². The number of nitrogens with zero attached hydrogens (tertiary/aromatic N) is 1. The number of fused-ring (bicyclic) bond motifs is 1. The number of nitrogens with one attached hydrogen (secondary N) is 2. The topological polar surface area (TPSA) is 57.8 Å². The van der Waals surface area contributed by atoms with Gasteiger partial charge in [0.1, 0.15) is 5.82 Å². The minimum absolute atomic E-state index is 0.0733. The molecular formula is C12H17N3O. The van der Waals surface area contributed by atoms with Gasteiger partial charge in [0.25, 0.3) is 5.56 Å². The summed E-state index contributed by atoms with van der Waals surface area (Å²) in [6, 6.07) is 0. The molecule has 1 saturated carbocycles. The van der Waals surface area contributed by atoms with Crippen molar-refractivity contribution in [1.82, 2.24) is 15.3 Å². The fourth-order valence-electron chi connectivity index (χ4n) is 2.49. The molecule has 2 aliphatic rings. The highest BCUT2D eigenvalue weighted by Gasteiger charge is 2.48. The highest BCUT2D eigenvalue weighted by Crippen LogP contribution is 2.57. The number of aromatic nitrogens is 2. The highest BCUT2D eigenvalue weighted by molar-refractivity contribution is 5.24. The van der Waals surface area contributed by atoms with E-state index in [1.807, 2.05) is 0 Å². The van der Waals surface area contributed by atoms with Crippen molar-refractivity contribution in [3.05, 3.63) is 27.4 Å². The molecule has 1 aliphatic carbocycles. The second-order valence-corrected chi connectivity index (χ2v) is 5.55. The second kappa shape index (κ2) is 3.17. The molecule has 0 aromatic carbocycles. The fourth-order valence-corrected chi connectivity index (χ4v) is 2.49. The molecule has 0 bridgehead atoms. The van der Waals surface area contributed by atoms with Gasteiger partial charge in [-0.15, -0.1) is 0 Å². The molecule has 1 atom stereocenters. The number of hydrogen-bond acceptors (Lipinski definition) is 3. The third-order valence-electron chi connectivity index (χ3n) is 3.81. The molecular weight excluding hydrogens is 202 g/mol. The largest absolute Gasteiger partial charge is 0.311 e. The van der Waals surface area contributed by atoms with Crippen LogP contribution in [0.1, 0.15) is 43.3 Å². The Bertz CT molecular complexity index is 490. The van der Waals surface area contributed by atoms with E-state index in [2.05, 4.69) is 29.1 Å². The third kappa shape index (κ3) is 1.48. The number of hydrogen-bond donors (Lipinski definition) is 2. The summed E-state index contributed by atoms with van der Waals surface area (Å²) in [5, 5.41) is 3.26. The minimum Gasteiger partial charge on any atom is -0.311 e. The summed E-state index contributed by atoms with van der Waals surface area (Å²) in [4.78, 5) is 19.5. The normalized spacial score (nSPS) is 26.2. The van der Waals surface area contributed by atoms with Crippen LogP contribution in [0.5, 0.6) is 0 Å². The molecule has 1 aliphatic heterocycles. The van der Waals surface area contributed by atoms with Crippen molar-refractivity contribution in [3.63, 3.8) is 0 Å². The van der Waals surface area contributed by atoms with Crippen LogP contribution < -0.4 is 10.9 Å². The molecule has 1 aromatic rings. The zero-order chi connectivity index (χ0) is 11.3. The Kier molecular flexibility index (Phi) is 1.98. The summed E-state index contributed by atoms with van der Waals surface area (Å²) < 4.78 is 0. The lowest BCUT2D eigenvalue weighted by Crippen LogP contribution is -2.31. The maximum Gasteiger partial charge on any atom is 0.254 e. The zero-order valence-corrected chi connectivity index (χ0v) is 9.76. The van der Waals surface area contributed by atoms with Crippen LogP contribution in [-0.2, 0) is 13.0 Å². The molecule has 1 unspecified atom stereocenters. The Hall–Kier alpha value is -1.16. The summed E-state index contributed by atoms with van der Waals surface area (Å²) in [5.41, 5.74) is 2.21. The molecule has 4 nitrogen and oxygen atoms in total. The van der Waals surface area contributed by atoms with Gasteiger partial charge < -0.3 is 10.3 Å². The summed E-state index contributed by atoms with van der Waals surface area (Å²) >= 11 is 0. The van der Waals surface area contributed by atoms with Crippen LogP contribution in [0.25, 0.3) is 0 Å². The Balaban J connectivity index is 2.03. The maximum absolute atomic E-state index is 11.9. The van der Waals surface area contributed by atoms with Crippen molar-refractivity contribution in [2.45, 2.75) is 39.2 Å². The summed E-state index contributed by atoms with van der Waals surface area (Å²) in [5.74, 6) is 1.32. The summed E-state index contributed by atoms with van der Waals surface area (Å²) in [6.45, 7) is 6.05. The van der Waals surface area contributed by atoms with Gasteiger partial charge in [-0.2, -0.15) is 0 Å². The van der Waals surface area contributed by atoms with Crippen LogP contribution in [0.2, 0.25) is 0 Å². The smallest absolute Gasteiger partial charge is 0.254 e. The summed E-state index contributed by atoms with van der Waals surface area (Å²) in [7, 11) is 0. The van der Waals surface area contributed by atoms with Crippen LogP contribution >= 0.6 is 0 Å². The average Bonchev–Trinajstić information content (AvgIpc) is 2.88. The Morgan fingerprint density at radius 2 is 2.19 bits per heavy atom. The monoisotopic (exact) mass is 219 g/mol. The molecule has 0 spiro atoms. The first-order valence-corrected chi connectivity index (χ1v) is 5.90. The molecule has 2 N–H and O–H groups in total. The predicted molar refractivity (Wildman–Crippen MR) is 61.4 cm³/mol. The van der Waals surface area contributed by atoms with E-state index in [0.29, 0.717) is 11.3 Å². The van der Waals surface area contributed by atoms with Crippen molar-refractivity contribution >= 4 is 0 Å².